The molecule has 0 aliphatic rings. The summed E-state index contributed by atoms with van der Waals surface area (Å²) in [5, 5.41) is 5.25. The topological polar surface area (TPSA) is 43.8 Å². The van der Waals surface area contributed by atoms with Crippen LogP contribution >= 0.6 is 23.2 Å². The van der Waals surface area contributed by atoms with Crippen molar-refractivity contribution in [2.45, 2.75) is 6.54 Å². The van der Waals surface area contributed by atoms with E-state index in [0.29, 0.717) is 16.7 Å². The monoisotopic (exact) mass is 241 g/mol. The Morgan fingerprint density at radius 1 is 1.27 bits per heavy atom. The van der Waals surface area contributed by atoms with Crippen molar-refractivity contribution in [3.05, 3.63) is 46.2 Å². The maximum atomic E-state index is 6.09. The van der Waals surface area contributed by atoms with E-state index >= 15 is 0 Å². The van der Waals surface area contributed by atoms with E-state index in [4.69, 9.17) is 28.9 Å². The summed E-state index contributed by atoms with van der Waals surface area (Å²) in [4.78, 5) is 0. The highest BCUT2D eigenvalue weighted by atomic mass is 35.5. The fourth-order valence-corrected chi connectivity index (χ4v) is 1.77. The Hall–Kier alpha value is -1.03. The van der Waals surface area contributed by atoms with Crippen molar-refractivity contribution in [2.75, 3.05) is 0 Å². The van der Waals surface area contributed by atoms with Crippen molar-refractivity contribution in [1.29, 1.82) is 0 Å². The van der Waals surface area contributed by atoms with Crippen LogP contribution in [0, 0.1) is 0 Å². The van der Waals surface area contributed by atoms with Gasteiger partial charge in [0.2, 0.25) is 0 Å². The second-order valence-corrected chi connectivity index (χ2v) is 3.79. The number of hydrogen-bond donors (Lipinski definition) is 1. The molecule has 15 heavy (non-hydrogen) atoms. The molecule has 0 radical (unpaired) electrons. The first-order valence-electron chi connectivity index (χ1n) is 4.41. The summed E-state index contributed by atoms with van der Waals surface area (Å²) in [6.07, 6.45) is 1.64. The minimum Gasteiger partial charge on any atom is -0.326 e. The van der Waals surface area contributed by atoms with E-state index in [9.17, 15) is 0 Å². The molecule has 0 fully saturated rings. The number of nitrogens with zero attached hydrogens (tertiary/aromatic N) is 2. The van der Waals surface area contributed by atoms with Gasteiger partial charge in [0.25, 0.3) is 0 Å². The second-order valence-electron chi connectivity index (χ2n) is 3.03. The Morgan fingerprint density at radius 3 is 2.60 bits per heavy atom. The Balaban J connectivity index is 2.55. The molecule has 0 aliphatic heterocycles. The first-order valence-corrected chi connectivity index (χ1v) is 5.17. The van der Waals surface area contributed by atoms with Gasteiger partial charge in [0, 0.05) is 12.1 Å². The van der Waals surface area contributed by atoms with Crippen molar-refractivity contribution in [3.8, 4) is 5.69 Å². The summed E-state index contributed by atoms with van der Waals surface area (Å²) >= 11 is 12.1. The van der Waals surface area contributed by atoms with E-state index in [2.05, 4.69) is 5.10 Å². The van der Waals surface area contributed by atoms with Crippen molar-refractivity contribution >= 4 is 23.2 Å². The predicted molar refractivity (Wildman–Crippen MR) is 61.5 cm³/mol. The van der Waals surface area contributed by atoms with Gasteiger partial charge in [0.15, 0.2) is 0 Å². The van der Waals surface area contributed by atoms with Gasteiger partial charge in [0.05, 0.1) is 16.9 Å². The van der Waals surface area contributed by atoms with Crippen LogP contribution in [-0.4, -0.2) is 9.78 Å². The van der Waals surface area contributed by atoms with Gasteiger partial charge in [0.1, 0.15) is 5.15 Å². The number of para-hydroxylation sites is 1. The van der Waals surface area contributed by atoms with Gasteiger partial charge in [-0.25, -0.2) is 4.68 Å². The van der Waals surface area contributed by atoms with Gasteiger partial charge in [-0.2, -0.15) is 5.10 Å². The molecule has 1 heterocycles. The van der Waals surface area contributed by atoms with Gasteiger partial charge >= 0.3 is 0 Å². The zero-order valence-electron chi connectivity index (χ0n) is 7.82. The lowest BCUT2D eigenvalue weighted by molar-refractivity contribution is 0.880. The first-order chi connectivity index (χ1) is 7.24. The van der Waals surface area contributed by atoms with Crippen LogP contribution < -0.4 is 5.73 Å². The zero-order valence-corrected chi connectivity index (χ0v) is 9.33. The van der Waals surface area contributed by atoms with Crippen molar-refractivity contribution in [2.24, 2.45) is 5.73 Å². The average molecular weight is 242 g/mol. The van der Waals surface area contributed by atoms with Crippen molar-refractivity contribution in [3.63, 3.8) is 0 Å². The molecule has 0 bridgehead atoms. The third-order valence-electron chi connectivity index (χ3n) is 2.08. The Bertz CT molecular complexity index is 479. The molecule has 0 saturated heterocycles. The highest BCUT2D eigenvalue weighted by Gasteiger charge is 2.10. The van der Waals surface area contributed by atoms with Gasteiger partial charge in [-0.3, -0.25) is 0 Å². The molecular weight excluding hydrogens is 233 g/mol. The smallest absolute Gasteiger partial charge is 0.137 e. The lowest BCUT2D eigenvalue weighted by Crippen LogP contribution is -1.99. The quantitative estimate of drug-likeness (QED) is 0.879. The second kappa shape index (κ2) is 4.23. The molecule has 0 unspecified atom stereocenters. The minimum absolute atomic E-state index is 0.364. The van der Waals surface area contributed by atoms with E-state index in [0.717, 1.165) is 11.3 Å². The zero-order chi connectivity index (χ0) is 10.8. The van der Waals surface area contributed by atoms with E-state index in [1.807, 2.05) is 18.2 Å². The molecule has 0 spiro atoms. The van der Waals surface area contributed by atoms with Gasteiger partial charge in [-0.05, 0) is 12.1 Å². The molecule has 3 nitrogen and oxygen atoms in total. The van der Waals surface area contributed by atoms with Gasteiger partial charge < -0.3 is 5.73 Å². The van der Waals surface area contributed by atoms with Crippen molar-refractivity contribution < 1.29 is 0 Å². The molecule has 0 saturated carbocycles. The summed E-state index contributed by atoms with van der Waals surface area (Å²) in [6.45, 7) is 0.364. The fourth-order valence-electron chi connectivity index (χ4n) is 1.30. The number of rotatable bonds is 2. The van der Waals surface area contributed by atoms with Crippen LogP contribution in [0.2, 0.25) is 10.2 Å². The molecule has 5 heteroatoms. The maximum absolute atomic E-state index is 6.09. The Labute approximate surface area is 97.4 Å². The molecule has 2 rings (SSSR count). The van der Waals surface area contributed by atoms with Crippen LogP contribution in [0.25, 0.3) is 5.69 Å². The van der Waals surface area contributed by atoms with Crippen LogP contribution in [-0.2, 0) is 6.54 Å². The molecule has 1 aromatic carbocycles. The van der Waals surface area contributed by atoms with Crippen LogP contribution in [0.15, 0.2) is 30.5 Å². The minimum atomic E-state index is 0.364. The summed E-state index contributed by atoms with van der Waals surface area (Å²) in [7, 11) is 0. The molecule has 2 N–H and O–H groups in total. The number of benzene rings is 1. The standard InChI is InChI=1S/C10H9Cl2N3/c11-8-3-1-2-4-9(8)15-10(12)7(5-13)6-14-15/h1-4,6H,5,13H2. The first kappa shape index (κ1) is 10.5. The Kier molecular flexibility index (Phi) is 2.95. The van der Waals surface area contributed by atoms with Crippen LogP contribution in [0.3, 0.4) is 0 Å². The molecule has 0 aliphatic carbocycles. The molecule has 0 amide bonds. The predicted octanol–water partition coefficient (Wildman–Crippen LogP) is 2.64. The molecular formula is C10H9Cl2N3. The lowest BCUT2D eigenvalue weighted by Gasteiger charge is -2.05. The number of halogens is 2. The number of hydrogen-bond acceptors (Lipinski definition) is 2. The highest BCUT2D eigenvalue weighted by Crippen LogP contribution is 2.24. The molecule has 1 aromatic heterocycles. The van der Waals surface area contributed by atoms with Crippen LogP contribution in [0.1, 0.15) is 5.56 Å². The third kappa shape index (κ3) is 1.86. The SMILES string of the molecule is NCc1cnn(-c2ccccc2Cl)c1Cl. The lowest BCUT2D eigenvalue weighted by atomic mass is 10.3. The van der Waals surface area contributed by atoms with Crippen LogP contribution in [0.4, 0.5) is 0 Å². The number of nitrogens with two attached hydrogens (primary N) is 1. The summed E-state index contributed by atoms with van der Waals surface area (Å²) < 4.78 is 1.58. The van der Waals surface area contributed by atoms with E-state index < -0.39 is 0 Å². The summed E-state index contributed by atoms with van der Waals surface area (Å²) in [5.74, 6) is 0. The van der Waals surface area contributed by atoms with Crippen LogP contribution in [0.5, 0.6) is 0 Å². The van der Waals surface area contributed by atoms with Crippen molar-refractivity contribution in [1.82, 2.24) is 9.78 Å². The summed E-state index contributed by atoms with van der Waals surface area (Å²) in [6, 6.07) is 7.37. The van der Waals surface area contributed by atoms with E-state index in [1.165, 1.54) is 0 Å². The molecule has 0 atom stereocenters. The summed E-state index contributed by atoms with van der Waals surface area (Å²) in [5.41, 5.74) is 7.07. The normalized spacial score (nSPS) is 10.6. The largest absolute Gasteiger partial charge is 0.326 e. The molecule has 2 aromatic rings. The van der Waals surface area contributed by atoms with E-state index in [1.54, 1.807) is 16.9 Å². The van der Waals surface area contributed by atoms with E-state index in [-0.39, 0.29) is 0 Å². The molecule has 78 valence electrons. The number of aromatic nitrogens is 2. The maximum Gasteiger partial charge on any atom is 0.137 e. The average Bonchev–Trinajstić information content (AvgIpc) is 2.60. The van der Waals surface area contributed by atoms with Gasteiger partial charge in [-0.15, -0.1) is 0 Å². The third-order valence-corrected chi connectivity index (χ3v) is 2.80. The highest BCUT2D eigenvalue weighted by molar-refractivity contribution is 6.33. The Morgan fingerprint density at radius 2 is 2.00 bits per heavy atom. The van der Waals surface area contributed by atoms with Gasteiger partial charge in [-0.1, -0.05) is 35.3 Å². The fraction of sp³-hybridized carbons (Fsp3) is 0.100.